The van der Waals surface area contributed by atoms with Gasteiger partial charge in [0.05, 0.1) is 21.3 Å². The maximum Gasteiger partial charge on any atom is 0.210 e. The first-order valence-corrected chi connectivity index (χ1v) is 5.82. The quantitative estimate of drug-likeness (QED) is 0.872. The minimum atomic E-state index is -0.533. The number of hydrogen-bond acceptors (Lipinski definition) is 4. The normalized spacial score (nSPS) is 16.3. The van der Waals surface area contributed by atoms with Crippen molar-refractivity contribution in [1.29, 1.82) is 0 Å². The SMILES string of the molecule is COc1cc(C2(CN)CC2)c(OC)c(F)c1OC. The Hall–Kier alpha value is -1.49. The molecular formula is C13H18FNO3. The summed E-state index contributed by atoms with van der Waals surface area (Å²) in [5.74, 6) is 0.0983. The largest absolute Gasteiger partial charge is 0.493 e. The highest BCUT2D eigenvalue weighted by Gasteiger charge is 2.46. The summed E-state index contributed by atoms with van der Waals surface area (Å²) in [5, 5.41) is 0. The summed E-state index contributed by atoms with van der Waals surface area (Å²) in [6, 6.07) is 1.76. The van der Waals surface area contributed by atoms with Crippen molar-refractivity contribution in [1.82, 2.24) is 0 Å². The van der Waals surface area contributed by atoms with E-state index in [0.29, 0.717) is 12.3 Å². The van der Waals surface area contributed by atoms with E-state index in [1.807, 2.05) is 0 Å². The van der Waals surface area contributed by atoms with Crippen LogP contribution in [0.4, 0.5) is 4.39 Å². The summed E-state index contributed by atoms with van der Waals surface area (Å²) in [4.78, 5) is 0. The fourth-order valence-corrected chi connectivity index (χ4v) is 2.26. The summed E-state index contributed by atoms with van der Waals surface area (Å²) in [5.41, 5.74) is 6.38. The van der Waals surface area contributed by atoms with Crippen LogP contribution >= 0.6 is 0 Å². The van der Waals surface area contributed by atoms with Crippen molar-refractivity contribution in [2.45, 2.75) is 18.3 Å². The lowest BCUT2D eigenvalue weighted by Crippen LogP contribution is -2.21. The van der Waals surface area contributed by atoms with E-state index in [9.17, 15) is 4.39 Å². The molecule has 0 spiro atoms. The zero-order valence-corrected chi connectivity index (χ0v) is 10.9. The van der Waals surface area contributed by atoms with E-state index >= 15 is 0 Å². The van der Waals surface area contributed by atoms with Crippen molar-refractivity contribution in [2.24, 2.45) is 5.73 Å². The molecule has 0 bridgehead atoms. The third-order valence-electron chi connectivity index (χ3n) is 3.59. The van der Waals surface area contributed by atoms with Gasteiger partial charge in [0.15, 0.2) is 11.5 Å². The fourth-order valence-electron chi connectivity index (χ4n) is 2.26. The van der Waals surface area contributed by atoms with E-state index < -0.39 is 5.82 Å². The summed E-state index contributed by atoms with van der Waals surface area (Å²) in [6.07, 6.45) is 1.88. The lowest BCUT2D eigenvalue weighted by atomic mass is 9.94. The third kappa shape index (κ3) is 1.79. The second-order valence-corrected chi connectivity index (χ2v) is 4.49. The molecule has 0 amide bonds. The molecule has 0 unspecified atom stereocenters. The Morgan fingerprint density at radius 2 is 1.78 bits per heavy atom. The second kappa shape index (κ2) is 4.65. The van der Waals surface area contributed by atoms with Crippen LogP contribution in [0.1, 0.15) is 18.4 Å². The summed E-state index contributed by atoms with van der Waals surface area (Å²) in [6.45, 7) is 0.471. The number of rotatable bonds is 5. The summed E-state index contributed by atoms with van der Waals surface area (Å²) < 4.78 is 29.7. The van der Waals surface area contributed by atoms with Crippen LogP contribution in [0.5, 0.6) is 17.2 Å². The Bertz CT molecular complexity index is 458. The van der Waals surface area contributed by atoms with E-state index in [1.54, 1.807) is 6.07 Å². The lowest BCUT2D eigenvalue weighted by Gasteiger charge is -2.20. The molecule has 0 heterocycles. The molecule has 0 aromatic heterocycles. The molecule has 1 aromatic carbocycles. The fraction of sp³-hybridized carbons (Fsp3) is 0.538. The van der Waals surface area contributed by atoms with Gasteiger partial charge in [0.1, 0.15) is 0 Å². The van der Waals surface area contributed by atoms with Crippen molar-refractivity contribution >= 4 is 0 Å². The van der Waals surface area contributed by atoms with E-state index in [0.717, 1.165) is 18.4 Å². The standard InChI is InChI=1S/C13H18FNO3/c1-16-9-6-8(13(7-15)4-5-13)11(17-2)10(14)12(9)18-3/h6H,4-5,7,15H2,1-3H3. The molecule has 1 fully saturated rings. The van der Waals surface area contributed by atoms with E-state index in [-0.39, 0.29) is 16.9 Å². The molecule has 1 aliphatic carbocycles. The smallest absolute Gasteiger partial charge is 0.210 e. The van der Waals surface area contributed by atoms with Crippen LogP contribution in [0.3, 0.4) is 0 Å². The highest BCUT2D eigenvalue weighted by atomic mass is 19.1. The van der Waals surface area contributed by atoms with Gasteiger partial charge in [-0.1, -0.05) is 0 Å². The van der Waals surface area contributed by atoms with E-state index in [1.165, 1.54) is 21.3 Å². The molecular weight excluding hydrogens is 237 g/mol. The maximum absolute atomic E-state index is 14.3. The molecule has 100 valence electrons. The van der Waals surface area contributed by atoms with Gasteiger partial charge in [0, 0.05) is 17.5 Å². The Morgan fingerprint density at radius 3 is 2.17 bits per heavy atom. The van der Waals surface area contributed by atoms with Crippen LogP contribution in [-0.4, -0.2) is 27.9 Å². The van der Waals surface area contributed by atoms with Crippen LogP contribution in [0, 0.1) is 5.82 Å². The number of hydrogen-bond donors (Lipinski definition) is 1. The molecule has 0 radical (unpaired) electrons. The number of halogens is 1. The molecule has 18 heavy (non-hydrogen) atoms. The van der Waals surface area contributed by atoms with Crippen LogP contribution in [0.25, 0.3) is 0 Å². The van der Waals surface area contributed by atoms with Crippen LogP contribution in [0.2, 0.25) is 0 Å². The van der Waals surface area contributed by atoms with Gasteiger partial charge >= 0.3 is 0 Å². The lowest BCUT2D eigenvalue weighted by molar-refractivity contribution is 0.316. The van der Waals surface area contributed by atoms with E-state index in [2.05, 4.69) is 0 Å². The highest BCUT2D eigenvalue weighted by Crippen LogP contribution is 2.53. The van der Waals surface area contributed by atoms with Gasteiger partial charge in [-0.25, -0.2) is 0 Å². The van der Waals surface area contributed by atoms with Crippen molar-refractivity contribution < 1.29 is 18.6 Å². The predicted octanol–water partition coefficient (Wildman–Crippen LogP) is 1.84. The Morgan fingerprint density at radius 1 is 1.17 bits per heavy atom. The molecule has 2 N–H and O–H groups in total. The number of nitrogens with two attached hydrogens (primary N) is 1. The summed E-state index contributed by atoms with van der Waals surface area (Å²) >= 11 is 0. The Balaban J connectivity index is 2.62. The van der Waals surface area contributed by atoms with Crippen LogP contribution in [0.15, 0.2) is 6.07 Å². The predicted molar refractivity (Wildman–Crippen MR) is 66.0 cm³/mol. The van der Waals surface area contributed by atoms with Gasteiger partial charge in [-0.3, -0.25) is 0 Å². The Labute approximate surface area is 106 Å². The van der Waals surface area contributed by atoms with Crippen LogP contribution in [-0.2, 0) is 5.41 Å². The molecule has 1 saturated carbocycles. The number of ether oxygens (including phenoxy) is 3. The molecule has 0 saturated heterocycles. The molecule has 1 aromatic rings. The molecule has 0 atom stereocenters. The average molecular weight is 255 g/mol. The molecule has 0 aliphatic heterocycles. The minimum Gasteiger partial charge on any atom is -0.493 e. The average Bonchev–Trinajstić information content (AvgIpc) is 3.18. The molecule has 2 rings (SSSR count). The number of benzene rings is 1. The second-order valence-electron chi connectivity index (χ2n) is 4.49. The molecule has 5 heteroatoms. The van der Waals surface area contributed by atoms with Crippen molar-refractivity contribution in [3.8, 4) is 17.2 Å². The van der Waals surface area contributed by atoms with Crippen molar-refractivity contribution in [3.63, 3.8) is 0 Å². The zero-order chi connectivity index (χ0) is 13.3. The third-order valence-corrected chi connectivity index (χ3v) is 3.59. The molecule has 4 nitrogen and oxygen atoms in total. The molecule has 1 aliphatic rings. The monoisotopic (exact) mass is 255 g/mol. The van der Waals surface area contributed by atoms with Gasteiger partial charge in [-0.2, -0.15) is 4.39 Å². The van der Waals surface area contributed by atoms with Gasteiger partial charge in [0.2, 0.25) is 11.6 Å². The highest BCUT2D eigenvalue weighted by molar-refractivity contribution is 5.56. The Kier molecular flexibility index (Phi) is 3.34. The zero-order valence-electron chi connectivity index (χ0n) is 10.9. The topological polar surface area (TPSA) is 53.7 Å². The van der Waals surface area contributed by atoms with Gasteiger partial charge in [-0.05, 0) is 18.9 Å². The van der Waals surface area contributed by atoms with Gasteiger partial charge < -0.3 is 19.9 Å². The van der Waals surface area contributed by atoms with Crippen LogP contribution < -0.4 is 19.9 Å². The first kappa shape index (κ1) is 13.0. The van der Waals surface area contributed by atoms with Crippen molar-refractivity contribution in [2.75, 3.05) is 27.9 Å². The summed E-state index contributed by atoms with van der Waals surface area (Å²) in [7, 11) is 4.33. The van der Waals surface area contributed by atoms with Crippen molar-refractivity contribution in [3.05, 3.63) is 17.4 Å². The first-order chi connectivity index (χ1) is 8.63. The number of methoxy groups -OCH3 is 3. The van der Waals surface area contributed by atoms with Gasteiger partial charge in [-0.15, -0.1) is 0 Å². The first-order valence-electron chi connectivity index (χ1n) is 5.82. The van der Waals surface area contributed by atoms with E-state index in [4.69, 9.17) is 19.9 Å². The maximum atomic E-state index is 14.3. The van der Waals surface area contributed by atoms with Gasteiger partial charge in [0.25, 0.3) is 0 Å². The minimum absolute atomic E-state index is 0.0610.